The van der Waals surface area contributed by atoms with Crippen molar-refractivity contribution in [1.29, 1.82) is 0 Å². The molecule has 0 aliphatic carbocycles. The van der Waals surface area contributed by atoms with Gasteiger partial charge in [0.05, 0.1) is 44.9 Å². The minimum absolute atomic E-state index is 0.00743. The van der Waals surface area contributed by atoms with E-state index in [1.54, 1.807) is 6.92 Å². The minimum Gasteiger partial charge on any atom is -0.481 e. The Morgan fingerprint density at radius 1 is 0.386 bits per heavy atom. The molecule has 24 nitrogen and oxygen atoms in total. The first-order chi connectivity index (χ1) is 39.6. The lowest BCUT2D eigenvalue weighted by Crippen LogP contribution is -2.42. The van der Waals surface area contributed by atoms with Gasteiger partial charge in [0.15, 0.2) is 5.78 Å². The van der Waals surface area contributed by atoms with Gasteiger partial charge in [0.1, 0.15) is 24.5 Å². The average Bonchev–Trinajstić information content (AvgIpc) is 3.44. The third-order valence-electron chi connectivity index (χ3n) is 12.9. The number of carboxylic acid groups (broad SMARTS) is 5. The number of Topliss-reactive ketones (excluding diaryl/α,β-unsaturated/α-hetero) is 2. The van der Waals surface area contributed by atoms with Crippen LogP contribution in [0, 0.1) is 11.8 Å². The van der Waals surface area contributed by atoms with Crippen molar-refractivity contribution < 1.29 is 97.2 Å². The Balaban J connectivity index is -0.00000135. The molecule has 24 heteroatoms. The molecule has 0 aromatic heterocycles. The van der Waals surface area contributed by atoms with E-state index >= 15 is 0 Å². The molecule has 0 aliphatic heterocycles. The molecule has 0 aromatic rings. The summed E-state index contributed by atoms with van der Waals surface area (Å²) >= 11 is 0. The smallest absolute Gasteiger partial charge is 0.326 e. The van der Waals surface area contributed by atoms with Crippen LogP contribution in [0.4, 0.5) is 0 Å². The number of aliphatic carboxylic acids is 5. The van der Waals surface area contributed by atoms with Crippen molar-refractivity contribution in [2.75, 3.05) is 65.9 Å². The van der Waals surface area contributed by atoms with E-state index < -0.39 is 71.4 Å². The fraction of sp³-hybridized carbons (Fsp3) is 0.814. The quantitative estimate of drug-likeness (QED) is 0.0267. The van der Waals surface area contributed by atoms with Gasteiger partial charge >= 0.3 is 29.8 Å². The first-order valence-electron chi connectivity index (χ1n) is 30.2. The fourth-order valence-corrected chi connectivity index (χ4v) is 7.96. The van der Waals surface area contributed by atoms with Crippen LogP contribution in [-0.2, 0) is 71.7 Å². The highest BCUT2D eigenvalue weighted by molar-refractivity contribution is 5.87. The molecule has 0 bridgehead atoms. The number of unbranched alkanes of at least 4 members (excludes halogenated alkanes) is 13. The van der Waals surface area contributed by atoms with Gasteiger partial charge < -0.3 is 65.7 Å². The zero-order valence-corrected chi connectivity index (χ0v) is 50.7. The molecule has 9 N–H and O–H groups in total. The Bertz CT molecular complexity index is 1790. The number of hydrogen-bond acceptors (Lipinski definition) is 15. The number of hydrogen-bond donors (Lipinski definition) is 9. The van der Waals surface area contributed by atoms with Gasteiger partial charge in [-0.3, -0.25) is 43.2 Å². The molecule has 0 aliphatic rings. The average molecular weight is 1190 g/mol. The normalized spacial score (nSPS) is 12.2. The Labute approximate surface area is 492 Å². The molecule has 0 unspecified atom stereocenters. The van der Waals surface area contributed by atoms with Gasteiger partial charge in [0.2, 0.25) is 23.6 Å². The summed E-state index contributed by atoms with van der Waals surface area (Å²) in [7, 11) is 0. The number of nitrogens with one attached hydrogen (secondary N) is 4. The maximum absolute atomic E-state index is 12.3. The van der Waals surface area contributed by atoms with Crippen molar-refractivity contribution in [3.05, 3.63) is 0 Å². The van der Waals surface area contributed by atoms with Gasteiger partial charge in [0.25, 0.3) is 0 Å². The van der Waals surface area contributed by atoms with Crippen molar-refractivity contribution in [2.24, 2.45) is 11.8 Å². The number of ether oxygens (including phenoxy) is 4. The molecule has 4 amide bonds. The fourth-order valence-electron chi connectivity index (χ4n) is 7.96. The lowest BCUT2D eigenvalue weighted by molar-refractivity contribution is -0.145. The van der Waals surface area contributed by atoms with E-state index in [0.29, 0.717) is 90.9 Å². The molecule has 0 heterocycles. The highest BCUT2D eigenvalue weighted by Crippen LogP contribution is 2.15. The Kier molecular flexibility index (Phi) is 57.2. The van der Waals surface area contributed by atoms with Crippen LogP contribution < -0.4 is 21.3 Å². The van der Waals surface area contributed by atoms with Gasteiger partial charge in [-0.2, -0.15) is 0 Å². The van der Waals surface area contributed by atoms with Crippen LogP contribution in [-0.4, -0.2) is 169 Å². The number of amides is 4. The molecule has 4 atom stereocenters. The van der Waals surface area contributed by atoms with E-state index in [1.807, 2.05) is 6.92 Å². The van der Waals surface area contributed by atoms with Crippen LogP contribution in [0.1, 0.15) is 221 Å². The van der Waals surface area contributed by atoms with Crippen LogP contribution in [0.2, 0.25) is 0 Å². The maximum atomic E-state index is 12.3. The molecule has 0 rings (SSSR count). The van der Waals surface area contributed by atoms with E-state index in [0.717, 1.165) is 32.1 Å². The van der Waals surface area contributed by atoms with Gasteiger partial charge in [-0.25, -0.2) is 9.59 Å². The molecule has 482 valence electrons. The molecular formula is C59H106N4O20. The number of rotatable bonds is 55. The molecule has 0 spiro atoms. The predicted octanol–water partition coefficient (Wildman–Crippen LogP) is 7.43. The molecule has 83 heavy (non-hydrogen) atoms. The second kappa shape index (κ2) is 58.2. The lowest BCUT2D eigenvalue weighted by atomic mass is 9.97. The lowest BCUT2D eigenvalue weighted by Gasteiger charge is -2.16. The molecule has 0 fully saturated rings. The largest absolute Gasteiger partial charge is 0.481 e. The molecule has 0 aromatic carbocycles. The minimum atomic E-state index is -1.36. The maximum Gasteiger partial charge on any atom is 0.326 e. The van der Waals surface area contributed by atoms with E-state index in [-0.39, 0.29) is 89.0 Å². The Morgan fingerprint density at radius 2 is 0.880 bits per heavy atom. The standard InChI is InChI=1S/C27H45N3O12.C23H43NO6.C9H18O2/c1-3-19(25(35)36)6-4-5-11-29-23(33)10-8-22(27(39)40)30-24(34)9-7-20(26(37)38)16-21(32)17-42-15-14-41-13-12-28-18(2)31;1-3-5-6-7-8-9-10-11-14-22(26)24-21(23(27)28)16-15-20(25)13-12-17-30-19-18-29-4-2;1-2-3-4-5-6-7-8-9(10)11/h19-20,22H,3-17H2,1-2H3,(H,28,31)(H,29,33)(H,30,34)(H,35,36)(H,37,38)(H,39,40);21H,3-19H2,1-2H3,(H,24,26)(H,27,28);2-8H2,1H3,(H,10,11)/t19-,20+,22-;21-;/m00./s1. The van der Waals surface area contributed by atoms with E-state index in [1.165, 1.54) is 64.7 Å². The summed E-state index contributed by atoms with van der Waals surface area (Å²) in [6.07, 6.45) is 18.9. The summed E-state index contributed by atoms with van der Waals surface area (Å²) in [5, 5.41) is 55.5. The van der Waals surface area contributed by atoms with Gasteiger partial charge in [-0.05, 0) is 64.7 Å². The second-order valence-corrected chi connectivity index (χ2v) is 20.3. The van der Waals surface area contributed by atoms with Crippen molar-refractivity contribution in [3.8, 4) is 0 Å². The first-order valence-corrected chi connectivity index (χ1v) is 30.2. The summed E-state index contributed by atoms with van der Waals surface area (Å²) in [6, 6.07) is -2.36. The van der Waals surface area contributed by atoms with E-state index in [9.17, 15) is 68.1 Å². The van der Waals surface area contributed by atoms with Crippen LogP contribution >= 0.6 is 0 Å². The number of ketones is 2. The van der Waals surface area contributed by atoms with E-state index in [4.69, 9.17) is 29.2 Å². The van der Waals surface area contributed by atoms with Crippen molar-refractivity contribution in [1.82, 2.24) is 21.3 Å². The monoisotopic (exact) mass is 1190 g/mol. The van der Waals surface area contributed by atoms with Crippen LogP contribution in [0.5, 0.6) is 0 Å². The van der Waals surface area contributed by atoms with Gasteiger partial charge in [0, 0.05) is 78.2 Å². The van der Waals surface area contributed by atoms with Crippen molar-refractivity contribution >= 4 is 65.0 Å². The predicted molar refractivity (Wildman–Crippen MR) is 311 cm³/mol. The number of carboxylic acids is 5. The first kappa shape index (κ1) is 81.6. The van der Waals surface area contributed by atoms with Gasteiger partial charge in [-0.15, -0.1) is 0 Å². The van der Waals surface area contributed by atoms with Crippen molar-refractivity contribution in [2.45, 2.75) is 233 Å². The van der Waals surface area contributed by atoms with Crippen molar-refractivity contribution in [3.63, 3.8) is 0 Å². The summed E-state index contributed by atoms with van der Waals surface area (Å²) < 4.78 is 20.9. The van der Waals surface area contributed by atoms with E-state index in [2.05, 4.69) is 35.1 Å². The van der Waals surface area contributed by atoms with Crippen LogP contribution in [0.25, 0.3) is 0 Å². The summed E-state index contributed by atoms with van der Waals surface area (Å²) in [6.45, 7) is 12.5. The molecule has 0 saturated heterocycles. The van der Waals surface area contributed by atoms with Crippen LogP contribution in [0.3, 0.4) is 0 Å². The highest BCUT2D eigenvalue weighted by Gasteiger charge is 2.26. The SMILES string of the molecule is CCCCCCCCC(=O)O.CCCCCCCCCCC(=O)N[C@@H](CCC(=O)CCCOCCOCC)C(=O)O.CC[C@@H](CCCCNC(=O)CC[C@H](NC(=O)CC[C@H](CC(=O)COCCOCCNC(C)=O)C(=O)O)C(=O)O)C(=O)O. The third-order valence-corrected chi connectivity index (χ3v) is 12.9. The zero-order valence-electron chi connectivity index (χ0n) is 50.7. The zero-order chi connectivity index (χ0) is 62.9. The molecular weight excluding hydrogens is 1080 g/mol. The van der Waals surface area contributed by atoms with Gasteiger partial charge in [-0.1, -0.05) is 104 Å². The molecule has 0 saturated carbocycles. The summed E-state index contributed by atoms with van der Waals surface area (Å²) in [5.74, 6) is -8.89. The summed E-state index contributed by atoms with van der Waals surface area (Å²) in [4.78, 5) is 127. The number of carbonyl (C=O) groups is 11. The third kappa shape index (κ3) is 58.0. The highest BCUT2D eigenvalue weighted by atomic mass is 16.5. The topological polar surface area (TPSA) is 374 Å². The van der Waals surface area contributed by atoms with Crippen LogP contribution in [0.15, 0.2) is 0 Å². The summed E-state index contributed by atoms with van der Waals surface area (Å²) in [5.41, 5.74) is 0. The second-order valence-electron chi connectivity index (χ2n) is 20.3. The Morgan fingerprint density at radius 3 is 1.40 bits per heavy atom. The Hall–Kier alpha value is -5.59. The number of carbonyl (C=O) groups excluding carboxylic acids is 6. The molecule has 0 radical (unpaired) electrons.